The van der Waals surface area contributed by atoms with Crippen molar-refractivity contribution in [3.05, 3.63) is 0 Å². The highest BCUT2D eigenvalue weighted by atomic mass is 15.2. The van der Waals surface area contributed by atoms with Crippen LogP contribution in [0.2, 0.25) is 0 Å². The third-order valence-corrected chi connectivity index (χ3v) is 3.50. The zero-order chi connectivity index (χ0) is 9.47. The summed E-state index contributed by atoms with van der Waals surface area (Å²) < 4.78 is 0. The summed E-state index contributed by atoms with van der Waals surface area (Å²) in [5, 5.41) is 0. The zero-order valence-corrected chi connectivity index (χ0v) is 9.34. The Hall–Kier alpha value is -0.0400. The van der Waals surface area contributed by atoms with Gasteiger partial charge in [0.1, 0.15) is 0 Å². The lowest BCUT2D eigenvalue weighted by Crippen LogP contribution is -2.44. The minimum absolute atomic E-state index is 0.484. The highest BCUT2D eigenvalue weighted by molar-refractivity contribution is 4.93. The molecular weight excluding hydrogens is 158 g/mol. The van der Waals surface area contributed by atoms with Gasteiger partial charge in [0, 0.05) is 18.6 Å². The Kier molecular flexibility index (Phi) is 2.39. The van der Waals surface area contributed by atoms with E-state index >= 15 is 0 Å². The molecule has 0 radical (unpaired) electrons. The molecule has 2 fully saturated rings. The second kappa shape index (κ2) is 3.27. The smallest absolute Gasteiger partial charge is 0.00990 e. The second-order valence-corrected chi connectivity index (χ2v) is 6.05. The predicted octanol–water partition coefficient (Wildman–Crippen LogP) is 3.05. The zero-order valence-electron chi connectivity index (χ0n) is 9.34. The summed E-state index contributed by atoms with van der Waals surface area (Å²) in [4.78, 5) is 2.80. The molecule has 0 aromatic rings. The van der Waals surface area contributed by atoms with Crippen molar-refractivity contribution in [3.8, 4) is 0 Å². The fourth-order valence-electron chi connectivity index (χ4n) is 3.03. The van der Waals surface area contributed by atoms with Crippen LogP contribution in [0, 0.1) is 5.41 Å². The van der Waals surface area contributed by atoms with Gasteiger partial charge in [-0.1, -0.05) is 27.2 Å². The maximum absolute atomic E-state index is 2.80. The van der Waals surface area contributed by atoms with Crippen LogP contribution in [0.25, 0.3) is 0 Å². The van der Waals surface area contributed by atoms with Crippen molar-refractivity contribution in [2.45, 2.75) is 65.0 Å². The first-order valence-electron chi connectivity index (χ1n) is 5.82. The molecule has 2 atom stereocenters. The summed E-state index contributed by atoms with van der Waals surface area (Å²) in [5.41, 5.74) is 0.484. The van der Waals surface area contributed by atoms with E-state index in [2.05, 4.69) is 25.7 Å². The Balaban J connectivity index is 1.99. The minimum atomic E-state index is 0.484. The van der Waals surface area contributed by atoms with Gasteiger partial charge < -0.3 is 0 Å². The monoisotopic (exact) mass is 181 g/mol. The first-order chi connectivity index (χ1) is 6.06. The predicted molar refractivity (Wildman–Crippen MR) is 56.8 cm³/mol. The van der Waals surface area contributed by atoms with E-state index in [0.717, 1.165) is 12.1 Å². The molecule has 2 bridgehead atoms. The summed E-state index contributed by atoms with van der Waals surface area (Å²) in [7, 11) is 0. The summed E-state index contributed by atoms with van der Waals surface area (Å²) in [5.74, 6) is 0. The van der Waals surface area contributed by atoms with E-state index in [1.54, 1.807) is 0 Å². The molecule has 0 aromatic heterocycles. The first-order valence-corrected chi connectivity index (χ1v) is 5.82. The van der Waals surface area contributed by atoms with E-state index in [9.17, 15) is 0 Å². The molecule has 2 heterocycles. The normalized spacial score (nSPS) is 35.3. The number of hydrogen-bond acceptors (Lipinski definition) is 1. The van der Waals surface area contributed by atoms with Crippen LogP contribution in [0.4, 0.5) is 0 Å². The molecule has 2 saturated heterocycles. The van der Waals surface area contributed by atoms with Gasteiger partial charge in [-0.3, -0.25) is 4.90 Å². The van der Waals surface area contributed by atoms with E-state index in [1.165, 1.54) is 38.6 Å². The lowest BCUT2D eigenvalue weighted by atomic mass is 9.92. The van der Waals surface area contributed by atoms with Crippen molar-refractivity contribution in [3.63, 3.8) is 0 Å². The van der Waals surface area contributed by atoms with Crippen molar-refractivity contribution < 1.29 is 0 Å². The Morgan fingerprint density at radius 2 is 1.54 bits per heavy atom. The molecule has 2 aliphatic rings. The maximum Gasteiger partial charge on any atom is 0.00990 e. The fourth-order valence-corrected chi connectivity index (χ4v) is 3.03. The quantitative estimate of drug-likeness (QED) is 0.601. The average Bonchev–Trinajstić information content (AvgIpc) is 2.29. The molecule has 0 spiro atoms. The molecule has 2 aliphatic heterocycles. The van der Waals surface area contributed by atoms with E-state index in [4.69, 9.17) is 0 Å². The van der Waals surface area contributed by atoms with Gasteiger partial charge in [0.05, 0.1) is 0 Å². The van der Waals surface area contributed by atoms with Gasteiger partial charge in [-0.2, -0.15) is 0 Å². The van der Waals surface area contributed by atoms with E-state index in [-0.39, 0.29) is 0 Å². The van der Waals surface area contributed by atoms with Gasteiger partial charge in [-0.15, -0.1) is 0 Å². The first kappa shape index (κ1) is 9.51. The number of piperidine rings is 1. The maximum atomic E-state index is 2.80. The van der Waals surface area contributed by atoms with Crippen LogP contribution in [0.5, 0.6) is 0 Å². The van der Waals surface area contributed by atoms with Crippen molar-refractivity contribution in [1.29, 1.82) is 0 Å². The molecule has 0 aromatic carbocycles. The summed E-state index contributed by atoms with van der Waals surface area (Å²) in [6.07, 6.45) is 7.36. The van der Waals surface area contributed by atoms with Crippen LogP contribution in [-0.2, 0) is 0 Å². The van der Waals surface area contributed by atoms with Gasteiger partial charge in [0.15, 0.2) is 0 Å². The number of nitrogens with zero attached hydrogens (tertiary/aromatic N) is 1. The molecule has 0 aliphatic carbocycles. The molecule has 2 unspecified atom stereocenters. The molecule has 1 nitrogen and oxygen atoms in total. The third kappa shape index (κ3) is 2.07. The second-order valence-electron chi connectivity index (χ2n) is 6.05. The summed E-state index contributed by atoms with van der Waals surface area (Å²) in [6.45, 7) is 8.39. The van der Waals surface area contributed by atoms with Gasteiger partial charge in [0.2, 0.25) is 0 Å². The molecule has 0 amide bonds. The SMILES string of the molecule is CC(C)(C)CN1C2CCCC1CC2. The molecule has 0 N–H and O–H groups in total. The number of fused-ring (bicyclic) bond motifs is 2. The largest absolute Gasteiger partial charge is 0.297 e. The van der Waals surface area contributed by atoms with Crippen molar-refractivity contribution in [2.24, 2.45) is 5.41 Å². The van der Waals surface area contributed by atoms with Crippen LogP contribution >= 0.6 is 0 Å². The Labute approximate surface area is 82.5 Å². The van der Waals surface area contributed by atoms with Crippen LogP contribution in [0.15, 0.2) is 0 Å². The fraction of sp³-hybridized carbons (Fsp3) is 1.00. The van der Waals surface area contributed by atoms with Gasteiger partial charge >= 0.3 is 0 Å². The molecule has 0 saturated carbocycles. The van der Waals surface area contributed by atoms with E-state index < -0.39 is 0 Å². The van der Waals surface area contributed by atoms with Gasteiger partial charge in [-0.05, 0) is 31.1 Å². The van der Waals surface area contributed by atoms with E-state index in [0.29, 0.717) is 5.41 Å². The third-order valence-electron chi connectivity index (χ3n) is 3.50. The summed E-state index contributed by atoms with van der Waals surface area (Å²) in [6, 6.07) is 1.89. The number of rotatable bonds is 1. The standard InChI is InChI=1S/C12H23N/c1-12(2,3)9-13-10-5-4-6-11(13)8-7-10/h10-11H,4-9H2,1-3H3. The number of hydrogen-bond donors (Lipinski definition) is 0. The lowest BCUT2D eigenvalue weighted by molar-refractivity contribution is 0.0961. The topological polar surface area (TPSA) is 3.24 Å². The highest BCUT2D eigenvalue weighted by Crippen LogP contribution is 2.37. The van der Waals surface area contributed by atoms with Crippen LogP contribution < -0.4 is 0 Å². The Morgan fingerprint density at radius 1 is 1.00 bits per heavy atom. The lowest BCUT2D eigenvalue weighted by Gasteiger charge is -2.38. The minimum Gasteiger partial charge on any atom is -0.297 e. The van der Waals surface area contributed by atoms with Crippen molar-refractivity contribution >= 4 is 0 Å². The van der Waals surface area contributed by atoms with Crippen molar-refractivity contribution in [2.75, 3.05) is 6.54 Å². The Bertz CT molecular complexity index is 164. The van der Waals surface area contributed by atoms with Gasteiger partial charge in [-0.25, -0.2) is 0 Å². The van der Waals surface area contributed by atoms with Crippen LogP contribution in [-0.4, -0.2) is 23.5 Å². The van der Waals surface area contributed by atoms with Crippen LogP contribution in [0.1, 0.15) is 52.9 Å². The molecule has 2 rings (SSSR count). The van der Waals surface area contributed by atoms with Gasteiger partial charge in [0.25, 0.3) is 0 Å². The molecule has 13 heavy (non-hydrogen) atoms. The molecule has 1 heteroatoms. The average molecular weight is 181 g/mol. The molecular formula is C12H23N. The van der Waals surface area contributed by atoms with Crippen molar-refractivity contribution in [1.82, 2.24) is 4.90 Å². The molecule has 76 valence electrons. The highest BCUT2D eigenvalue weighted by Gasteiger charge is 2.37. The summed E-state index contributed by atoms with van der Waals surface area (Å²) >= 11 is 0. The Morgan fingerprint density at radius 3 is 2.00 bits per heavy atom. The van der Waals surface area contributed by atoms with E-state index in [1.807, 2.05) is 0 Å². The van der Waals surface area contributed by atoms with Crippen LogP contribution in [0.3, 0.4) is 0 Å².